The molecule has 23 heavy (non-hydrogen) atoms. The van der Waals surface area contributed by atoms with Gasteiger partial charge in [0.05, 0.1) is 10.9 Å². The van der Waals surface area contributed by atoms with E-state index < -0.39 is 0 Å². The van der Waals surface area contributed by atoms with E-state index in [1.165, 1.54) is 14.7 Å². The van der Waals surface area contributed by atoms with Gasteiger partial charge in [-0.3, -0.25) is 0 Å². The average molecular weight is 812 g/mol. The fourth-order valence-corrected chi connectivity index (χ4v) is 4.23. The van der Waals surface area contributed by atoms with E-state index in [4.69, 9.17) is 0 Å². The second kappa shape index (κ2) is 11.9. The largest absolute Gasteiger partial charge is 0.199 e. The molecule has 0 N–H and O–H groups in total. The van der Waals surface area contributed by atoms with Gasteiger partial charge >= 0.3 is 0 Å². The van der Waals surface area contributed by atoms with Crippen LogP contribution in [-0.4, -0.2) is 0 Å². The van der Waals surface area contributed by atoms with E-state index in [0.29, 0.717) is 0 Å². The van der Waals surface area contributed by atoms with Crippen molar-refractivity contribution >= 4 is 10.9 Å². The molecule has 3 aromatic rings. The molecule has 3 rings (SSSR count). The van der Waals surface area contributed by atoms with Crippen molar-refractivity contribution in [1.82, 2.24) is 0 Å². The molecule has 110 valence electrons. The van der Waals surface area contributed by atoms with Crippen LogP contribution in [0.1, 0.15) is 5.56 Å². The molecule has 0 saturated carbocycles. The third kappa shape index (κ3) is 6.37. The van der Waals surface area contributed by atoms with Crippen LogP contribution >= 0.6 is 0 Å². The second-order valence-corrected chi connectivity index (χ2v) is 6.60. The molecule has 0 nitrogen and oxygen atoms in total. The smallest absolute Gasteiger partial charge is 0.166 e. The van der Waals surface area contributed by atoms with Crippen molar-refractivity contribution < 1.29 is 77.5 Å². The molecule has 0 aromatic heterocycles. The quantitative estimate of drug-likeness (QED) is 0.200. The SMILES string of the molecule is [CH2-]c1ccc([S+](c2ccccc2)c2ccccc2)cc1.[Hf].[Hf].[Hf]. The summed E-state index contributed by atoms with van der Waals surface area (Å²) in [6.07, 6.45) is 0. The van der Waals surface area contributed by atoms with Crippen LogP contribution in [0.4, 0.5) is 0 Å². The maximum atomic E-state index is 3.97. The Hall–Kier alpha value is 0.490. The molecular formula is C19H16Hf3S. The van der Waals surface area contributed by atoms with Gasteiger partial charge in [0.1, 0.15) is 4.90 Å². The normalized spacial score (nSPS) is 9.26. The van der Waals surface area contributed by atoms with Crippen molar-refractivity contribution in [2.24, 2.45) is 0 Å². The molecule has 0 aliphatic rings. The third-order valence-corrected chi connectivity index (χ3v) is 5.35. The van der Waals surface area contributed by atoms with Crippen LogP contribution in [0.5, 0.6) is 0 Å². The summed E-state index contributed by atoms with van der Waals surface area (Å²) in [6, 6.07) is 29.9. The van der Waals surface area contributed by atoms with Gasteiger partial charge in [0.15, 0.2) is 9.79 Å². The van der Waals surface area contributed by atoms with Gasteiger partial charge in [-0.2, -0.15) is 24.6 Å². The van der Waals surface area contributed by atoms with Crippen molar-refractivity contribution in [3.8, 4) is 0 Å². The summed E-state index contributed by atoms with van der Waals surface area (Å²) < 4.78 is 0. The first-order valence-corrected chi connectivity index (χ1v) is 7.83. The van der Waals surface area contributed by atoms with Gasteiger partial charge in [-0.05, 0) is 24.3 Å². The first kappa shape index (κ1) is 23.5. The maximum absolute atomic E-state index is 3.97. The van der Waals surface area contributed by atoms with Crippen LogP contribution in [0.25, 0.3) is 0 Å². The minimum absolute atomic E-state index is 0. The average Bonchev–Trinajstić information content (AvgIpc) is 2.52. The molecule has 3 aromatic carbocycles. The maximum Gasteiger partial charge on any atom is 0.166 e. The summed E-state index contributed by atoms with van der Waals surface area (Å²) in [5, 5.41) is 0. The van der Waals surface area contributed by atoms with Crippen LogP contribution < -0.4 is 0 Å². The Bertz CT molecular complexity index is 630. The molecule has 0 atom stereocenters. The summed E-state index contributed by atoms with van der Waals surface area (Å²) in [4.78, 5) is 4.01. The molecule has 0 unspecified atom stereocenters. The Balaban J connectivity index is 0.00000161. The minimum Gasteiger partial charge on any atom is -0.199 e. The Morgan fingerprint density at radius 1 is 0.478 bits per heavy atom. The van der Waals surface area contributed by atoms with Crippen LogP contribution in [0.3, 0.4) is 0 Å². The standard InChI is InChI=1S/C19H16S.3Hf/c1-16-12-14-19(15-13-16)20(17-8-4-2-5-9-17)18-10-6-3-7-11-18;;;/h2-15H,1H2;;;. The zero-order valence-electron chi connectivity index (χ0n) is 12.7. The summed E-state index contributed by atoms with van der Waals surface area (Å²) in [5.41, 5.74) is 1.05. The Morgan fingerprint density at radius 2 is 0.826 bits per heavy atom. The summed E-state index contributed by atoms with van der Waals surface area (Å²) in [6.45, 7) is 3.97. The Morgan fingerprint density at radius 3 is 1.22 bits per heavy atom. The van der Waals surface area contributed by atoms with E-state index in [9.17, 15) is 0 Å². The van der Waals surface area contributed by atoms with Gasteiger partial charge in [-0.1, -0.05) is 48.5 Å². The molecule has 0 fully saturated rings. The Kier molecular flexibility index (Phi) is 12.2. The monoisotopic (exact) mass is 816 g/mol. The molecule has 0 aliphatic heterocycles. The molecule has 0 saturated heterocycles. The van der Waals surface area contributed by atoms with Crippen molar-refractivity contribution in [1.29, 1.82) is 0 Å². The summed E-state index contributed by atoms with van der Waals surface area (Å²) >= 11 is 0. The molecule has 0 amide bonds. The summed E-state index contributed by atoms with van der Waals surface area (Å²) in [5.74, 6) is 0. The van der Waals surface area contributed by atoms with Crippen molar-refractivity contribution in [2.45, 2.75) is 14.7 Å². The van der Waals surface area contributed by atoms with Gasteiger partial charge in [-0.15, -0.1) is 0 Å². The van der Waals surface area contributed by atoms with E-state index in [2.05, 4.69) is 91.9 Å². The third-order valence-electron chi connectivity index (χ3n) is 3.12. The Labute approximate surface area is 198 Å². The molecule has 0 aliphatic carbocycles. The predicted octanol–water partition coefficient (Wildman–Crippen LogP) is 4.96. The van der Waals surface area contributed by atoms with Crippen LogP contribution in [0, 0.1) is 6.92 Å². The fourth-order valence-electron chi connectivity index (χ4n) is 2.15. The zero-order chi connectivity index (χ0) is 13.8. The number of hydrogen-bond acceptors (Lipinski definition) is 0. The molecular weight excluding hydrogens is 796 g/mol. The summed E-state index contributed by atoms with van der Waals surface area (Å²) in [7, 11) is -0.0507. The first-order chi connectivity index (χ1) is 9.84. The van der Waals surface area contributed by atoms with E-state index in [-0.39, 0.29) is 88.4 Å². The number of rotatable bonds is 3. The van der Waals surface area contributed by atoms with Crippen molar-refractivity contribution in [3.63, 3.8) is 0 Å². The van der Waals surface area contributed by atoms with Crippen LogP contribution in [0.2, 0.25) is 0 Å². The number of hydrogen-bond donors (Lipinski definition) is 0. The van der Waals surface area contributed by atoms with Gasteiger partial charge in [0.25, 0.3) is 0 Å². The van der Waals surface area contributed by atoms with E-state index in [1.807, 2.05) is 0 Å². The molecule has 4 heteroatoms. The van der Waals surface area contributed by atoms with Gasteiger partial charge in [0.2, 0.25) is 0 Å². The first-order valence-electron chi connectivity index (χ1n) is 6.61. The van der Waals surface area contributed by atoms with E-state index >= 15 is 0 Å². The second-order valence-electron chi connectivity index (χ2n) is 4.58. The topological polar surface area (TPSA) is 0 Å². The van der Waals surface area contributed by atoms with Crippen LogP contribution in [0.15, 0.2) is 99.6 Å². The van der Waals surface area contributed by atoms with Crippen molar-refractivity contribution in [3.05, 3.63) is 97.4 Å². The molecule has 0 spiro atoms. The number of benzene rings is 3. The van der Waals surface area contributed by atoms with Gasteiger partial charge in [-0.25, -0.2) is 0 Å². The minimum atomic E-state index is -0.0507. The van der Waals surface area contributed by atoms with E-state index in [1.54, 1.807) is 0 Å². The molecule has 0 bridgehead atoms. The van der Waals surface area contributed by atoms with Crippen LogP contribution in [-0.2, 0) is 88.4 Å². The predicted molar refractivity (Wildman–Crippen MR) is 85.9 cm³/mol. The fraction of sp³-hybridized carbons (Fsp3) is 0. The van der Waals surface area contributed by atoms with Crippen molar-refractivity contribution in [2.75, 3.05) is 0 Å². The van der Waals surface area contributed by atoms with Gasteiger partial charge in [0, 0.05) is 77.5 Å². The van der Waals surface area contributed by atoms with E-state index in [0.717, 1.165) is 5.56 Å². The zero-order valence-corrected chi connectivity index (χ0v) is 24.3. The van der Waals surface area contributed by atoms with Gasteiger partial charge < -0.3 is 0 Å². The molecule has 0 radical (unpaired) electrons. The molecule has 0 heterocycles.